The topological polar surface area (TPSA) is 69.7 Å². The molecule has 25 heavy (non-hydrogen) atoms. The van der Waals surface area contributed by atoms with Gasteiger partial charge in [-0.05, 0) is 44.2 Å². The maximum Gasteiger partial charge on any atom is 0.325 e. The number of nitrogens with one attached hydrogen (secondary N) is 1. The number of carbonyl (C=O) groups is 3. The molecule has 2 aliphatic heterocycles. The molecule has 6 nitrogen and oxygen atoms in total. The first-order chi connectivity index (χ1) is 12.0. The summed E-state index contributed by atoms with van der Waals surface area (Å²) in [5, 5.41) is 2.83. The average molecular weight is 341 g/mol. The molecule has 1 aromatic rings. The van der Waals surface area contributed by atoms with E-state index in [-0.39, 0.29) is 24.4 Å². The van der Waals surface area contributed by atoms with Crippen LogP contribution in [-0.4, -0.2) is 40.9 Å². The lowest BCUT2D eigenvalue weighted by Gasteiger charge is -2.36. The summed E-state index contributed by atoms with van der Waals surface area (Å²) >= 11 is 0. The Morgan fingerprint density at radius 1 is 1.24 bits per heavy atom. The second kappa shape index (κ2) is 5.86. The van der Waals surface area contributed by atoms with Gasteiger partial charge in [-0.1, -0.05) is 31.0 Å². The summed E-state index contributed by atoms with van der Waals surface area (Å²) in [6, 6.07) is 7.48. The Balaban J connectivity index is 1.56. The quantitative estimate of drug-likeness (QED) is 0.839. The maximum absolute atomic E-state index is 13.0. The minimum absolute atomic E-state index is 0.0589. The molecule has 4 rings (SSSR count). The number of anilines is 1. The highest BCUT2D eigenvalue weighted by atomic mass is 16.2. The van der Waals surface area contributed by atoms with Crippen molar-refractivity contribution >= 4 is 23.5 Å². The van der Waals surface area contributed by atoms with E-state index in [0.29, 0.717) is 12.8 Å². The highest BCUT2D eigenvalue weighted by molar-refractivity contribution is 6.10. The van der Waals surface area contributed by atoms with Gasteiger partial charge in [-0.2, -0.15) is 0 Å². The summed E-state index contributed by atoms with van der Waals surface area (Å²) < 4.78 is 0. The molecule has 2 fully saturated rings. The first-order valence-electron chi connectivity index (χ1n) is 9.06. The van der Waals surface area contributed by atoms with Crippen molar-refractivity contribution in [2.24, 2.45) is 0 Å². The fourth-order valence-corrected chi connectivity index (χ4v) is 4.42. The highest BCUT2D eigenvalue weighted by Crippen LogP contribution is 2.35. The molecule has 2 heterocycles. The molecule has 4 amide bonds. The Bertz CT molecular complexity index is 739. The molecular weight excluding hydrogens is 318 g/mol. The third-order valence-electron chi connectivity index (χ3n) is 5.79. The molecule has 1 saturated heterocycles. The van der Waals surface area contributed by atoms with Crippen LogP contribution in [0.25, 0.3) is 0 Å². The first kappa shape index (κ1) is 16.1. The van der Waals surface area contributed by atoms with Crippen LogP contribution in [0.3, 0.4) is 0 Å². The predicted molar refractivity (Wildman–Crippen MR) is 93.2 cm³/mol. The Morgan fingerprint density at radius 2 is 1.96 bits per heavy atom. The van der Waals surface area contributed by atoms with E-state index >= 15 is 0 Å². The molecule has 1 spiro atoms. The number of hydrogen-bond acceptors (Lipinski definition) is 3. The van der Waals surface area contributed by atoms with E-state index in [4.69, 9.17) is 0 Å². The summed E-state index contributed by atoms with van der Waals surface area (Å²) in [5.74, 6) is -0.431. The Kier molecular flexibility index (Phi) is 3.78. The van der Waals surface area contributed by atoms with E-state index in [2.05, 4.69) is 5.32 Å². The molecule has 0 aromatic heterocycles. The first-order valence-corrected chi connectivity index (χ1v) is 9.06. The van der Waals surface area contributed by atoms with Crippen molar-refractivity contribution in [2.45, 2.75) is 57.0 Å². The van der Waals surface area contributed by atoms with Gasteiger partial charge in [0.15, 0.2) is 0 Å². The van der Waals surface area contributed by atoms with Gasteiger partial charge >= 0.3 is 6.03 Å². The van der Waals surface area contributed by atoms with Crippen molar-refractivity contribution in [3.8, 4) is 0 Å². The van der Waals surface area contributed by atoms with Crippen LogP contribution in [0.1, 0.15) is 44.6 Å². The van der Waals surface area contributed by atoms with Gasteiger partial charge in [-0.25, -0.2) is 4.79 Å². The SMILES string of the molecule is C[C@H]1CCc2ccccc2N1C(=O)CN1C(=O)NC2(CCCC2)C1=O. The molecule has 1 aromatic carbocycles. The molecule has 1 atom stereocenters. The third-order valence-corrected chi connectivity index (χ3v) is 5.79. The average Bonchev–Trinajstić information content (AvgIpc) is 3.16. The van der Waals surface area contributed by atoms with E-state index < -0.39 is 11.6 Å². The van der Waals surface area contributed by atoms with Crippen LogP contribution in [0.4, 0.5) is 10.5 Å². The van der Waals surface area contributed by atoms with Gasteiger partial charge in [-0.15, -0.1) is 0 Å². The minimum Gasteiger partial charge on any atom is -0.323 e. The fourth-order valence-electron chi connectivity index (χ4n) is 4.42. The van der Waals surface area contributed by atoms with Crippen molar-refractivity contribution in [1.29, 1.82) is 0 Å². The van der Waals surface area contributed by atoms with Crippen LogP contribution in [0, 0.1) is 0 Å². The highest BCUT2D eigenvalue weighted by Gasteiger charge is 2.53. The summed E-state index contributed by atoms with van der Waals surface area (Å²) in [6.45, 7) is 1.82. The van der Waals surface area contributed by atoms with Gasteiger partial charge in [0.2, 0.25) is 5.91 Å². The molecular formula is C19H23N3O3. The van der Waals surface area contributed by atoms with Gasteiger partial charge in [0, 0.05) is 11.7 Å². The van der Waals surface area contributed by atoms with E-state index in [1.165, 1.54) is 0 Å². The van der Waals surface area contributed by atoms with E-state index in [9.17, 15) is 14.4 Å². The zero-order valence-electron chi connectivity index (χ0n) is 14.5. The van der Waals surface area contributed by atoms with Crippen molar-refractivity contribution < 1.29 is 14.4 Å². The van der Waals surface area contributed by atoms with Crippen LogP contribution in [0.15, 0.2) is 24.3 Å². The standard InChI is InChI=1S/C19H23N3O3/c1-13-8-9-14-6-2-3-7-15(14)22(13)16(23)12-21-17(24)19(20-18(21)25)10-4-5-11-19/h2-3,6-7,13H,4-5,8-12H2,1H3,(H,20,25)/t13-/m0/s1. The number of urea groups is 1. The lowest BCUT2D eigenvalue weighted by molar-refractivity contribution is -0.134. The third kappa shape index (κ3) is 2.51. The van der Waals surface area contributed by atoms with Crippen molar-refractivity contribution in [2.75, 3.05) is 11.4 Å². The molecule has 0 radical (unpaired) electrons. The molecule has 6 heteroatoms. The van der Waals surface area contributed by atoms with Gasteiger partial charge in [-0.3, -0.25) is 14.5 Å². The number of hydrogen-bond donors (Lipinski definition) is 1. The van der Waals surface area contributed by atoms with Crippen LogP contribution < -0.4 is 10.2 Å². The lowest BCUT2D eigenvalue weighted by atomic mass is 9.96. The number of nitrogens with zero attached hydrogens (tertiary/aromatic N) is 2. The molecule has 1 N–H and O–H groups in total. The van der Waals surface area contributed by atoms with Gasteiger partial charge < -0.3 is 10.2 Å². The number of carbonyl (C=O) groups excluding carboxylic acids is 3. The molecule has 0 bridgehead atoms. The smallest absolute Gasteiger partial charge is 0.323 e. The monoisotopic (exact) mass is 341 g/mol. The van der Waals surface area contributed by atoms with Crippen LogP contribution in [0.5, 0.6) is 0 Å². The molecule has 1 saturated carbocycles. The molecule has 1 aliphatic carbocycles. The summed E-state index contributed by atoms with van der Waals surface area (Å²) in [6.07, 6.45) is 5.03. The number of para-hydroxylation sites is 1. The number of rotatable bonds is 2. The van der Waals surface area contributed by atoms with E-state index in [0.717, 1.165) is 41.8 Å². The number of fused-ring (bicyclic) bond motifs is 1. The Labute approximate surface area is 147 Å². The Morgan fingerprint density at radius 3 is 2.72 bits per heavy atom. The molecule has 132 valence electrons. The van der Waals surface area contributed by atoms with Crippen LogP contribution in [0.2, 0.25) is 0 Å². The maximum atomic E-state index is 13.0. The van der Waals surface area contributed by atoms with Crippen LogP contribution in [-0.2, 0) is 16.0 Å². The second-order valence-electron chi connectivity index (χ2n) is 7.39. The van der Waals surface area contributed by atoms with Gasteiger partial charge in [0.05, 0.1) is 0 Å². The molecule has 0 unspecified atom stereocenters. The normalized spacial score (nSPS) is 24.6. The van der Waals surface area contributed by atoms with Gasteiger partial charge in [0.1, 0.15) is 12.1 Å². The number of aryl methyl sites for hydroxylation is 1. The predicted octanol–water partition coefficient (Wildman–Crippen LogP) is 2.22. The van der Waals surface area contributed by atoms with E-state index in [1.807, 2.05) is 31.2 Å². The van der Waals surface area contributed by atoms with Crippen LogP contribution >= 0.6 is 0 Å². The number of imide groups is 1. The van der Waals surface area contributed by atoms with Gasteiger partial charge in [0.25, 0.3) is 5.91 Å². The van der Waals surface area contributed by atoms with E-state index in [1.54, 1.807) is 4.90 Å². The summed E-state index contributed by atoms with van der Waals surface area (Å²) in [7, 11) is 0. The fraction of sp³-hybridized carbons (Fsp3) is 0.526. The van der Waals surface area contributed by atoms with Crippen molar-refractivity contribution in [3.05, 3.63) is 29.8 Å². The minimum atomic E-state index is -0.761. The van der Waals surface area contributed by atoms with Crippen molar-refractivity contribution in [1.82, 2.24) is 10.2 Å². The van der Waals surface area contributed by atoms with Crippen molar-refractivity contribution in [3.63, 3.8) is 0 Å². The lowest BCUT2D eigenvalue weighted by Crippen LogP contribution is -2.49. The number of benzene rings is 1. The zero-order valence-corrected chi connectivity index (χ0v) is 14.5. The second-order valence-corrected chi connectivity index (χ2v) is 7.39. The Hall–Kier alpha value is -2.37. The summed E-state index contributed by atoms with van der Waals surface area (Å²) in [5.41, 5.74) is 1.27. The largest absolute Gasteiger partial charge is 0.325 e. The molecule has 3 aliphatic rings. The summed E-state index contributed by atoms with van der Waals surface area (Å²) in [4.78, 5) is 40.9. The number of amides is 4. The zero-order chi connectivity index (χ0) is 17.6.